The number of nitrogens with one attached hydrogen (secondary N) is 1. The van der Waals surface area contributed by atoms with E-state index in [1.807, 2.05) is 12.3 Å². The maximum Gasteiger partial charge on any atom is 0.0734 e. The highest BCUT2D eigenvalue weighted by molar-refractivity contribution is 5.81. The van der Waals surface area contributed by atoms with E-state index in [2.05, 4.69) is 48.4 Å². The zero-order valence-corrected chi connectivity index (χ0v) is 13.4. The van der Waals surface area contributed by atoms with Crippen LogP contribution in [0.25, 0.3) is 10.9 Å². The lowest BCUT2D eigenvalue weighted by Gasteiger charge is -2.14. The largest absolute Gasteiger partial charge is 0.314 e. The number of unbranched alkanes of at least 4 members (excludes halogenated alkanes) is 3. The van der Waals surface area contributed by atoms with E-state index in [9.17, 15) is 0 Å². The zero-order valence-electron chi connectivity index (χ0n) is 13.4. The summed E-state index contributed by atoms with van der Waals surface area (Å²) in [6.45, 7) is 5.60. The summed E-state index contributed by atoms with van der Waals surface area (Å²) in [5, 5.41) is 4.88. The van der Waals surface area contributed by atoms with E-state index < -0.39 is 0 Å². The summed E-state index contributed by atoms with van der Waals surface area (Å²) >= 11 is 0. The van der Waals surface area contributed by atoms with E-state index in [1.165, 1.54) is 43.1 Å². The molecule has 2 heteroatoms. The van der Waals surface area contributed by atoms with Gasteiger partial charge in [-0.3, -0.25) is 4.98 Å². The molecule has 2 aromatic rings. The van der Waals surface area contributed by atoms with E-state index in [0.717, 1.165) is 18.5 Å². The fourth-order valence-electron chi connectivity index (χ4n) is 2.80. The van der Waals surface area contributed by atoms with E-state index in [4.69, 9.17) is 0 Å². The van der Waals surface area contributed by atoms with Gasteiger partial charge >= 0.3 is 0 Å². The number of nitrogens with zero attached hydrogens (tertiary/aromatic N) is 1. The summed E-state index contributed by atoms with van der Waals surface area (Å²) in [7, 11) is 0. The van der Waals surface area contributed by atoms with Gasteiger partial charge in [-0.05, 0) is 37.9 Å². The van der Waals surface area contributed by atoms with Crippen molar-refractivity contribution in [3.05, 3.63) is 42.1 Å². The highest BCUT2D eigenvalue weighted by atomic mass is 14.9. The molecule has 0 saturated carbocycles. The van der Waals surface area contributed by atoms with E-state index in [1.54, 1.807) is 0 Å². The van der Waals surface area contributed by atoms with Gasteiger partial charge in [-0.2, -0.15) is 0 Å². The molecule has 0 bridgehead atoms. The first-order chi connectivity index (χ1) is 10.3. The van der Waals surface area contributed by atoms with Gasteiger partial charge in [-0.1, -0.05) is 56.9 Å². The van der Waals surface area contributed by atoms with Crippen molar-refractivity contribution in [3.8, 4) is 0 Å². The number of hydrogen-bond donors (Lipinski definition) is 1. The van der Waals surface area contributed by atoms with Crippen LogP contribution in [-0.2, 0) is 6.42 Å². The average molecular weight is 284 g/mol. The molecule has 0 aliphatic rings. The van der Waals surface area contributed by atoms with E-state index >= 15 is 0 Å². The summed E-state index contributed by atoms with van der Waals surface area (Å²) in [5.41, 5.74) is 2.50. The van der Waals surface area contributed by atoms with Crippen LogP contribution in [0.2, 0.25) is 0 Å². The molecule has 0 spiro atoms. The van der Waals surface area contributed by atoms with Gasteiger partial charge in [0.1, 0.15) is 0 Å². The van der Waals surface area contributed by atoms with Crippen molar-refractivity contribution in [2.75, 3.05) is 6.54 Å². The Morgan fingerprint density at radius 1 is 1.10 bits per heavy atom. The number of aromatic nitrogens is 1. The van der Waals surface area contributed by atoms with Gasteiger partial charge in [0.25, 0.3) is 0 Å². The number of hydrogen-bond acceptors (Lipinski definition) is 2. The van der Waals surface area contributed by atoms with Crippen LogP contribution in [0.3, 0.4) is 0 Å². The van der Waals surface area contributed by atoms with Crippen molar-refractivity contribution >= 4 is 10.9 Å². The van der Waals surface area contributed by atoms with Gasteiger partial charge in [0, 0.05) is 17.6 Å². The number of fused-ring (bicyclic) bond motifs is 1. The number of para-hydroxylation sites is 1. The summed E-state index contributed by atoms with van der Waals surface area (Å²) < 4.78 is 0. The van der Waals surface area contributed by atoms with Crippen molar-refractivity contribution in [3.63, 3.8) is 0 Å². The molecule has 0 saturated heterocycles. The summed E-state index contributed by atoms with van der Waals surface area (Å²) in [4.78, 5) is 4.52. The van der Waals surface area contributed by atoms with Gasteiger partial charge in [-0.15, -0.1) is 0 Å². The number of benzene rings is 1. The Bertz CT molecular complexity index is 531. The normalized spacial score (nSPS) is 12.7. The molecule has 1 unspecified atom stereocenters. The molecule has 2 rings (SSSR count). The van der Waals surface area contributed by atoms with Crippen LogP contribution in [0, 0.1) is 0 Å². The van der Waals surface area contributed by atoms with Crippen LogP contribution in [0.15, 0.2) is 36.5 Å². The van der Waals surface area contributed by atoms with Crippen molar-refractivity contribution in [1.29, 1.82) is 0 Å². The Balaban J connectivity index is 1.77. The molecule has 1 aromatic carbocycles. The minimum absolute atomic E-state index is 0.616. The fourth-order valence-corrected chi connectivity index (χ4v) is 2.80. The lowest BCUT2D eigenvalue weighted by atomic mass is 10.1. The summed E-state index contributed by atoms with van der Waals surface area (Å²) in [6.07, 6.45) is 9.62. The minimum Gasteiger partial charge on any atom is -0.314 e. The predicted octanol–water partition coefficient (Wildman–Crippen LogP) is 4.73. The molecule has 2 nitrogen and oxygen atoms in total. The second-order valence-corrected chi connectivity index (χ2v) is 5.95. The third kappa shape index (κ3) is 5.13. The summed E-state index contributed by atoms with van der Waals surface area (Å²) in [5.74, 6) is 0. The molecule has 1 heterocycles. The van der Waals surface area contributed by atoms with Gasteiger partial charge in [0.15, 0.2) is 0 Å². The first kappa shape index (κ1) is 16.0. The standard InChI is InChI=1S/C19H28N2/c1-3-4-5-6-9-16(2)20-15-13-18-11-7-10-17-12-8-14-21-19(17)18/h7-8,10-12,14,16,20H,3-6,9,13,15H2,1-2H3. The molecule has 21 heavy (non-hydrogen) atoms. The zero-order chi connectivity index (χ0) is 14.9. The molecular formula is C19H28N2. The molecule has 0 amide bonds. The Hall–Kier alpha value is -1.41. The topological polar surface area (TPSA) is 24.9 Å². The third-order valence-electron chi connectivity index (χ3n) is 4.09. The lowest BCUT2D eigenvalue weighted by molar-refractivity contribution is 0.486. The highest BCUT2D eigenvalue weighted by Crippen LogP contribution is 2.16. The van der Waals surface area contributed by atoms with Crippen LogP contribution in [0.4, 0.5) is 0 Å². The second kappa shape index (κ2) is 8.78. The number of pyridine rings is 1. The van der Waals surface area contributed by atoms with Crippen LogP contribution in [-0.4, -0.2) is 17.6 Å². The van der Waals surface area contributed by atoms with Gasteiger partial charge in [-0.25, -0.2) is 0 Å². The first-order valence-electron chi connectivity index (χ1n) is 8.37. The van der Waals surface area contributed by atoms with Gasteiger partial charge in [0.05, 0.1) is 5.52 Å². The highest BCUT2D eigenvalue weighted by Gasteiger charge is 2.04. The van der Waals surface area contributed by atoms with E-state index in [0.29, 0.717) is 6.04 Å². The summed E-state index contributed by atoms with van der Waals surface area (Å²) in [6, 6.07) is 11.2. The molecule has 0 aliphatic carbocycles. The van der Waals surface area contributed by atoms with Gasteiger partial charge in [0.2, 0.25) is 0 Å². The molecule has 0 fully saturated rings. The Kier molecular flexibility index (Phi) is 6.68. The fraction of sp³-hybridized carbons (Fsp3) is 0.526. The smallest absolute Gasteiger partial charge is 0.0734 e. The second-order valence-electron chi connectivity index (χ2n) is 5.95. The van der Waals surface area contributed by atoms with Crippen LogP contribution in [0.1, 0.15) is 51.5 Å². The predicted molar refractivity (Wildman–Crippen MR) is 91.7 cm³/mol. The van der Waals surface area contributed by atoms with Gasteiger partial charge < -0.3 is 5.32 Å². The van der Waals surface area contributed by atoms with Crippen molar-refractivity contribution in [1.82, 2.24) is 10.3 Å². The quantitative estimate of drug-likeness (QED) is 0.674. The molecule has 1 N–H and O–H groups in total. The number of rotatable bonds is 9. The molecule has 1 atom stereocenters. The Labute approximate surface area is 129 Å². The van der Waals surface area contributed by atoms with Crippen molar-refractivity contribution in [2.45, 2.75) is 58.4 Å². The van der Waals surface area contributed by atoms with E-state index in [-0.39, 0.29) is 0 Å². The van der Waals surface area contributed by atoms with Crippen molar-refractivity contribution in [2.24, 2.45) is 0 Å². The lowest BCUT2D eigenvalue weighted by Crippen LogP contribution is -2.28. The molecule has 1 aromatic heterocycles. The Morgan fingerprint density at radius 3 is 2.81 bits per heavy atom. The minimum atomic E-state index is 0.616. The Morgan fingerprint density at radius 2 is 1.95 bits per heavy atom. The third-order valence-corrected chi connectivity index (χ3v) is 4.09. The van der Waals surface area contributed by atoms with Crippen LogP contribution < -0.4 is 5.32 Å². The average Bonchev–Trinajstić information content (AvgIpc) is 2.52. The molecule has 0 radical (unpaired) electrons. The molecule has 0 aliphatic heterocycles. The van der Waals surface area contributed by atoms with Crippen LogP contribution in [0.5, 0.6) is 0 Å². The molecular weight excluding hydrogens is 256 g/mol. The maximum atomic E-state index is 4.52. The van der Waals surface area contributed by atoms with Crippen molar-refractivity contribution < 1.29 is 0 Å². The monoisotopic (exact) mass is 284 g/mol. The van der Waals surface area contributed by atoms with Crippen LogP contribution >= 0.6 is 0 Å². The first-order valence-corrected chi connectivity index (χ1v) is 8.37. The maximum absolute atomic E-state index is 4.52. The SMILES string of the molecule is CCCCCCC(C)NCCc1cccc2cccnc12. The molecule has 114 valence electrons.